The van der Waals surface area contributed by atoms with E-state index in [-0.39, 0.29) is 0 Å². The van der Waals surface area contributed by atoms with Crippen LogP contribution in [0.3, 0.4) is 0 Å². The molecule has 0 amide bonds. The molecule has 14 heavy (non-hydrogen) atoms. The van der Waals surface area contributed by atoms with Gasteiger partial charge in [0.05, 0.1) is 0 Å². The molecule has 72 valence electrons. The SMILES string of the molecule is C=C/C(C)=C(\C=C)c1ccnc(C)c1. The maximum Gasteiger partial charge on any atom is 0.0378 e. The lowest BCUT2D eigenvalue weighted by atomic mass is 10.0. The first kappa shape index (κ1) is 10.5. The van der Waals surface area contributed by atoms with Gasteiger partial charge in [-0.15, -0.1) is 0 Å². The molecule has 0 radical (unpaired) electrons. The minimum atomic E-state index is 1.01. The Bertz CT molecular complexity index is 386. The van der Waals surface area contributed by atoms with Gasteiger partial charge in [-0.3, -0.25) is 4.98 Å². The maximum atomic E-state index is 4.16. The summed E-state index contributed by atoms with van der Waals surface area (Å²) in [4.78, 5) is 4.16. The molecule has 1 heterocycles. The van der Waals surface area contributed by atoms with Crippen molar-refractivity contribution in [3.63, 3.8) is 0 Å². The molecular weight excluding hydrogens is 170 g/mol. The summed E-state index contributed by atoms with van der Waals surface area (Å²) in [5, 5.41) is 0. The van der Waals surface area contributed by atoms with E-state index in [9.17, 15) is 0 Å². The van der Waals surface area contributed by atoms with Gasteiger partial charge in [0.25, 0.3) is 0 Å². The van der Waals surface area contributed by atoms with E-state index in [2.05, 4.69) is 18.1 Å². The number of rotatable bonds is 3. The first-order valence-corrected chi connectivity index (χ1v) is 4.58. The Balaban J connectivity index is 3.27. The standard InChI is InChI=1S/C13H15N/c1-5-10(3)13(6-2)12-7-8-14-11(4)9-12/h5-9H,1-2H2,3-4H3/b13-10+. The van der Waals surface area contributed by atoms with E-state index in [0.29, 0.717) is 0 Å². The highest BCUT2D eigenvalue weighted by Gasteiger charge is 2.00. The number of hydrogen-bond donors (Lipinski definition) is 0. The third kappa shape index (κ3) is 2.19. The molecule has 1 rings (SSSR count). The fraction of sp³-hybridized carbons (Fsp3) is 0.154. The molecule has 1 heteroatoms. The Hall–Kier alpha value is -1.63. The van der Waals surface area contributed by atoms with E-state index in [4.69, 9.17) is 0 Å². The van der Waals surface area contributed by atoms with E-state index in [1.807, 2.05) is 44.3 Å². The highest BCUT2D eigenvalue weighted by atomic mass is 14.6. The maximum absolute atomic E-state index is 4.16. The van der Waals surface area contributed by atoms with Crippen molar-refractivity contribution < 1.29 is 0 Å². The zero-order valence-corrected chi connectivity index (χ0v) is 8.75. The Morgan fingerprint density at radius 3 is 2.57 bits per heavy atom. The molecule has 0 bridgehead atoms. The summed E-state index contributed by atoms with van der Waals surface area (Å²) in [6.45, 7) is 11.6. The Kier molecular flexibility index (Phi) is 3.41. The summed E-state index contributed by atoms with van der Waals surface area (Å²) < 4.78 is 0. The molecule has 1 aromatic rings. The predicted molar refractivity (Wildman–Crippen MR) is 62.0 cm³/mol. The van der Waals surface area contributed by atoms with Gasteiger partial charge in [-0.2, -0.15) is 0 Å². The van der Waals surface area contributed by atoms with Crippen LogP contribution in [0.25, 0.3) is 5.57 Å². The topological polar surface area (TPSA) is 12.9 Å². The normalized spacial score (nSPS) is 11.9. The van der Waals surface area contributed by atoms with Crippen LogP contribution in [0.2, 0.25) is 0 Å². The molecule has 0 aliphatic rings. The van der Waals surface area contributed by atoms with Crippen molar-refractivity contribution >= 4 is 5.57 Å². The minimum Gasteiger partial charge on any atom is -0.262 e. The largest absolute Gasteiger partial charge is 0.262 e. The smallest absolute Gasteiger partial charge is 0.0378 e. The van der Waals surface area contributed by atoms with Gasteiger partial charge in [0, 0.05) is 11.9 Å². The summed E-state index contributed by atoms with van der Waals surface area (Å²) in [5.74, 6) is 0. The second kappa shape index (κ2) is 4.56. The molecule has 0 aromatic carbocycles. The second-order valence-corrected chi connectivity index (χ2v) is 3.19. The van der Waals surface area contributed by atoms with Crippen LogP contribution in [-0.4, -0.2) is 4.98 Å². The number of hydrogen-bond acceptors (Lipinski definition) is 1. The van der Waals surface area contributed by atoms with Crippen LogP contribution in [0.1, 0.15) is 18.2 Å². The molecular formula is C13H15N. The number of allylic oxidation sites excluding steroid dienone is 4. The van der Waals surface area contributed by atoms with Crippen molar-refractivity contribution in [2.45, 2.75) is 13.8 Å². The molecule has 0 N–H and O–H groups in total. The molecule has 0 atom stereocenters. The van der Waals surface area contributed by atoms with Crippen molar-refractivity contribution in [1.82, 2.24) is 4.98 Å². The number of aryl methyl sites for hydroxylation is 1. The lowest BCUT2D eigenvalue weighted by molar-refractivity contribution is 1.19. The van der Waals surface area contributed by atoms with Gasteiger partial charge in [-0.1, -0.05) is 25.3 Å². The lowest BCUT2D eigenvalue weighted by Crippen LogP contribution is -1.87. The number of pyridine rings is 1. The van der Waals surface area contributed by atoms with Crippen molar-refractivity contribution in [2.75, 3.05) is 0 Å². The first-order valence-electron chi connectivity index (χ1n) is 4.58. The molecule has 0 aliphatic carbocycles. The van der Waals surface area contributed by atoms with Gasteiger partial charge in [0.15, 0.2) is 0 Å². The van der Waals surface area contributed by atoms with Crippen LogP contribution >= 0.6 is 0 Å². The molecule has 0 spiro atoms. The van der Waals surface area contributed by atoms with Crippen LogP contribution in [0.15, 0.2) is 49.2 Å². The molecule has 0 saturated heterocycles. The van der Waals surface area contributed by atoms with Gasteiger partial charge >= 0.3 is 0 Å². The minimum absolute atomic E-state index is 1.01. The fourth-order valence-corrected chi connectivity index (χ4v) is 1.33. The van der Waals surface area contributed by atoms with Gasteiger partial charge in [0.1, 0.15) is 0 Å². The molecule has 0 fully saturated rings. The van der Waals surface area contributed by atoms with Crippen LogP contribution < -0.4 is 0 Å². The number of aromatic nitrogens is 1. The average molecular weight is 185 g/mol. The molecule has 0 saturated carbocycles. The van der Waals surface area contributed by atoms with Gasteiger partial charge in [0.2, 0.25) is 0 Å². The summed E-state index contributed by atoms with van der Waals surface area (Å²) in [6.07, 6.45) is 5.50. The average Bonchev–Trinajstić information content (AvgIpc) is 2.19. The monoisotopic (exact) mass is 185 g/mol. The summed E-state index contributed by atoms with van der Waals surface area (Å²) >= 11 is 0. The van der Waals surface area contributed by atoms with Crippen LogP contribution in [0.4, 0.5) is 0 Å². The van der Waals surface area contributed by atoms with E-state index >= 15 is 0 Å². The third-order valence-corrected chi connectivity index (χ3v) is 2.14. The molecule has 1 aromatic heterocycles. The summed E-state index contributed by atoms with van der Waals surface area (Å²) in [5.41, 5.74) is 4.40. The van der Waals surface area contributed by atoms with Gasteiger partial charge in [-0.05, 0) is 42.7 Å². The number of nitrogens with zero attached hydrogens (tertiary/aromatic N) is 1. The lowest BCUT2D eigenvalue weighted by Gasteiger charge is -2.05. The highest BCUT2D eigenvalue weighted by molar-refractivity contribution is 5.77. The van der Waals surface area contributed by atoms with Crippen LogP contribution in [-0.2, 0) is 0 Å². The van der Waals surface area contributed by atoms with E-state index in [1.165, 1.54) is 0 Å². The van der Waals surface area contributed by atoms with Gasteiger partial charge in [-0.25, -0.2) is 0 Å². The molecule has 0 aliphatic heterocycles. The van der Waals surface area contributed by atoms with Gasteiger partial charge < -0.3 is 0 Å². The van der Waals surface area contributed by atoms with E-state index < -0.39 is 0 Å². The Morgan fingerprint density at radius 1 is 1.36 bits per heavy atom. The van der Waals surface area contributed by atoms with Crippen molar-refractivity contribution in [1.29, 1.82) is 0 Å². The first-order chi connectivity index (χ1) is 6.69. The third-order valence-electron chi connectivity index (χ3n) is 2.14. The van der Waals surface area contributed by atoms with E-state index in [1.54, 1.807) is 0 Å². The van der Waals surface area contributed by atoms with Crippen molar-refractivity contribution in [2.24, 2.45) is 0 Å². The fourth-order valence-electron chi connectivity index (χ4n) is 1.33. The highest BCUT2D eigenvalue weighted by Crippen LogP contribution is 2.20. The van der Waals surface area contributed by atoms with Crippen molar-refractivity contribution in [3.05, 3.63) is 60.5 Å². The van der Waals surface area contributed by atoms with Crippen LogP contribution in [0, 0.1) is 6.92 Å². The molecule has 1 nitrogen and oxygen atoms in total. The summed E-state index contributed by atoms with van der Waals surface area (Å²) in [7, 11) is 0. The van der Waals surface area contributed by atoms with E-state index in [0.717, 1.165) is 22.4 Å². The Morgan fingerprint density at radius 2 is 2.07 bits per heavy atom. The summed E-state index contributed by atoms with van der Waals surface area (Å²) in [6, 6.07) is 4.03. The predicted octanol–water partition coefficient (Wildman–Crippen LogP) is 3.54. The van der Waals surface area contributed by atoms with Crippen molar-refractivity contribution in [3.8, 4) is 0 Å². The Labute approximate surface area is 85.5 Å². The quantitative estimate of drug-likeness (QED) is 0.656. The van der Waals surface area contributed by atoms with Crippen LogP contribution in [0.5, 0.6) is 0 Å². The molecule has 0 unspecified atom stereocenters. The zero-order valence-electron chi connectivity index (χ0n) is 8.75. The zero-order chi connectivity index (χ0) is 10.6. The second-order valence-electron chi connectivity index (χ2n) is 3.19.